The van der Waals surface area contributed by atoms with Crippen molar-refractivity contribution in [1.29, 1.82) is 0 Å². The van der Waals surface area contributed by atoms with E-state index in [1.54, 1.807) is 18.2 Å². The van der Waals surface area contributed by atoms with E-state index in [0.29, 0.717) is 29.5 Å². The van der Waals surface area contributed by atoms with Gasteiger partial charge < -0.3 is 34.6 Å². The molecule has 1 aromatic rings. The molecule has 4 N–H and O–H groups in total. The summed E-state index contributed by atoms with van der Waals surface area (Å²) in [5.41, 5.74) is 0.545. The third-order valence-corrected chi connectivity index (χ3v) is 4.95. The SMILES string of the molecule is OC[C@H]1O[C@@H](c2ccc(Cl)c(OC3CCOCC3)c2)[C@H](O)[C@@H](O)[C@@H]1O. The van der Waals surface area contributed by atoms with Crippen molar-refractivity contribution in [2.75, 3.05) is 19.8 Å². The molecule has 0 spiro atoms. The van der Waals surface area contributed by atoms with Crippen LogP contribution in [0.4, 0.5) is 0 Å². The fraction of sp³-hybridized carbons (Fsp3) is 0.647. The van der Waals surface area contributed by atoms with Gasteiger partial charge in [0.05, 0.1) is 24.8 Å². The molecule has 7 nitrogen and oxygen atoms in total. The highest BCUT2D eigenvalue weighted by molar-refractivity contribution is 6.32. The summed E-state index contributed by atoms with van der Waals surface area (Å²) in [6.07, 6.45) is -4.50. The monoisotopic (exact) mass is 374 g/mol. The van der Waals surface area contributed by atoms with Gasteiger partial charge in [-0.15, -0.1) is 0 Å². The van der Waals surface area contributed by atoms with Crippen LogP contribution in [0.1, 0.15) is 24.5 Å². The second-order valence-electron chi connectivity index (χ2n) is 6.37. The van der Waals surface area contributed by atoms with Crippen LogP contribution < -0.4 is 4.74 Å². The molecule has 2 aliphatic heterocycles. The number of hydrogen-bond acceptors (Lipinski definition) is 7. The van der Waals surface area contributed by atoms with E-state index in [1.165, 1.54) is 0 Å². The molecule has 2 heterocycles. The van der Waals surface area contributed by atoms with E-state index in [2.05, 4.69) is 0 Å². The lowest BCUT2D eigenvalue weighted by atomic mass is 9.91. The number of ether oxygens (including phenoxy) is 3. The molecule has 8 heteroatoms. The van der Waals surface area contributed by atoms with Crippen molar-refractivity contribution < 1.29 is 34.6 Å². The van der Waals surface area contributed by atoms with Crippen molar-refractivity contribution >= 4 is 11.6 Å². The third kappa shape index (κ3) is 4.09. The van der Waals surface area contributed by atoms with Gasteiger partial charge in [0.1, 0.15) is 42.4 Å². The predicted octanol–water partition coefficient (Wildman–Crippen LogP) is 0.413. The fourth-order valence-corrected chi connectivity index (χ4v) is 3.30. The molecule has 2 fully saturated rings. The highest BCUT2D eigenvalue weighted by Gasteiger charge is 2.44. The van der Waals surface area contributed by atoms with Gasteiger partial charge in [-0.05, 0) is 17.7 Å². The highest BCUT2D eigenvalue weighted by Crippen LogP contribution is 2.36. The van der Waals surface area contributed by atoms with Gasteiger partial charge in [-0.25, -0.2) is 0 Å². The lowest BCUT2D eigenvalue weighted by Gasteiger charge is -2.40. The largest absolute Gasteiger partial charge is 0.489 e. The molecule has 140 valence electrons. The van der Waals surface area contributed by atoms with Crippen molar-refractivity contribution in [1.82, 2.24) is 0 Å². The van der Waals surface area contributed by atoms with E-state index in [1.807, 2.05) is 0 Å². The fourth-order valence-electron chi connectivity index (χ4n) is 3.14. The molecule has 0 saturated carbocycles. The minimum atomic E-state index is -1.42. The molecule has 0 radical (unpaired) electrons. The van der Waals surface area contributed by atoms with E-state index in [-0.39, 0.29) is 6.10 Å². The zero-order valence-corrected chi connectivity index (χ0v) is 14.4. The maximum absolute atomic E-state index is 10.2. The van der Waals surface area contributed by atoms with E-state index in [4.69, 9.17) is 25.8 Å². The van der Waals surface area contributed by atoms with Crippen LogP contribution in [0.2, 0.25) is 5.02 Å². The summed E-state index contributed by atoms with van der Waals surface area (Å²) in [6.45, 7) is 0.795. The number of hydrogen-bond donors (Lipinski definition) is 4. The van der Waals surface area contributed by atoms with Gasteiger partial charge in [0.2, 0.25) is 0 Å². The summed E-state index contributed by atoms with van der Waals surface area (Å²) in [5, 5.41) is 39.8. The van der Waals surface area contributed by atoms with E-state index in [0.717, 1.165) is 12.8 Å². The van der Waals surface area contributed by atoms with Crippen LogP contribution in [-0.4, -0.2) is 70.8 Å². The minimum Gasteiger partial charge on any atom is -0.489 e. The highest BCUT2D eigenvalue weighted by atomic mass is 35.5. The minimum absolute atomic E-state index is 0.00343. The summed E-state index contributed by atoms with van der Waals surface area (Å²) >= 11 is 6.21. The Hall–Kier alpha value is -0.930. The van der Waals surface area contributed by atoms with Crippen LogP contribution in [0.3, 0.4) is 0 Å². The van der Waals surface area contributed by atoms with E-state index < -0.39 is 37.1 Å². The first-order valence-electron chi connectivity index (χ1n) is 8.35. The molecule has 1 aromatic carbocycles. The number of benzene rings is 1. The first-order chi connectivity index (χ1) is 12.0. The second-order valence-corrected chi connectivity index (χ2v) is 6.78. The molecular formula is C17H23ClO7. The molecular weight excluding hydrogens is 352 g/mol. The van der Waals surface area contributed by atoms with E-state index in [9.17, 15) is 20.4 Å². The van der Waals surface area contributed by atoms with Crippen LogP contribution in [0, 0.1) is 0 Å². The van der Waals surface area contributed by atoms with Crippen LogP contribution in [0.5, 0.6) is 5.75 Å². The zero-order chi connectivity index (χ0) is 18.0. The van der Waals surface area contributed by atoms with Crippen molar-refractivity contribution in [2.24, 2.45) is 0 Å². The predicted molar refractivity (Wildman–Crippen MR) is 88.6 cm³/mol. The molecule has 2 saturated heterocycles. The lowest BCUT2D eigenvalue weighted by molar-refractivity contribution is -0.231. The van der Waals surface area contributed by atoms with Crippen LogP contribution in [-0.2, 0) is 9.47 Å². The maximum Gasteiger partial charge on any atom is 0.138 e. The topological polar surface area (TPSA) is 109 Å². The quantitative estimate of drug-likeness (QED) is 0.604. The van der Waals surface area contributed by atoms with Crippen LogP contribution in [0.25, 0.3) is 0 Å². The molecule has 0 bridgehead atoms. The van der Waals surface area contributed by atoms with Gasteiger partial charge in [0, 0.05) is 12.8 Å². The van der Waals surface area contributed by atoms with Gasteiger partial charge >= 0.3 is 0 Å². The summed E-state index contributed by atoms with van der Waals surface area (Å²) in [5.74, 6) is 0.461. The Morgan fingerprint density at radius 3 is 2.48 bits per heavy atom. The first-order valence-corrected chi connectivity index (χ1v) is 8.73. The van der Waals surface area contributed by atoms with Gasteiger partial charge in [-0.2, -0.15) is 0 Å². The Balaban J connectivity index is 1.80. The molecule has 5 atom stereocenters. The summed E-state index contributed by atoms with van der Waals surface area (Å²) in [6, 6.07) is 4.95. The molecule has 0 amide bonds. The Morgan fingerprint density at radius 2 is 1.80 bits per heavy atom. The van der Waals surface area contributed by atoms with Crippen molar-refractivity contribution in [3.8, 4) is 5.75 Å². The van der Waals surface area contributed by atoms with Gasteiger partial charge in [0.15, 0.2) is 0 Å². The smallest absolute Gasteiger partial charge is 0.138 e. The molecule has 0 unspecified atom stereocenters. The Labute approximate surface area is 150 Å². The number of aliphatic hydroxyl groups excluding tert-OH is 4. The summed E-state index contributed by atoms with van der Waals surface area (Å²) in [4.78, 5) is 0. The average molecular weight is 375 g/mol. The average Bonchev–Trinajstić information content (AvgIpc) is 2.63. The summed E-state index contributed by atoms with van der Waals surface area (Å²) in [7, 11) is 0. The number of aliphatic hydroxyl groups is 4. The van der Waals surface area contributed by atoms with Gasteiger partial charge in [0.25, 0.3) is 0 Å². The molecule has 3 rings (SSSR count). The Kier molecular flexibility index (Phi) is 6.17. The van der Waals surface area contributed by atoms with Gasteiger partial charge in [-0.3, -0.25) is 0 Å². The lowest BCUT2D eigenvalue weighted by Crippen LogP contribution is -2.55. The van der Waals surface area contributed by atoms with Crippen LogP contribution >= 0.6 is 11.6 Å². The third-order valence-electron chi connectivity index (χ3n) is 4.64. The first kappa shape index (κ1) is 18.8. The number of halogens is 1. The molecule has 0 aliphatic carbocycles. The standard InChI is InChI=1S/C17H23ClO7/c18-11-2-1-9(7-12(11)24-10-3-5-23-6-4-10)17-16(22)15(21)14(20)13(8-19)25-17/h1-2,7,10,13-17,19-22H,3-6,8H2/t13-,14-,15+,16-,17+/m1/s1. The van der Waals surface area contributed by atoms with E-state index >= 15 is 0 Å². The van der Waals surface area contributed by atoms with Crippen molar-refractivity contribution in [3.63, 3.8) is 0 Å². The molecule has 2 aliphatic rings. The summed E-state index contributed by atoms with van der Waals surface area (Å²) < 4.78 is 16.8. The number of rotatable bonds is 4. The molecule has 25 heavy (non-hydrogen) atoms. The second kappa shape index (κ2) is 8.18. The van der Waals surface area contributed by atoms with Crippen LogP contribution in [0.15, 0.2) is 18.2 Å². The maximum atomic E-state index is 10.2. The Morgan fingerprint density at radius 1 is 1.08 bits per heavy atom. The molecule has 0 aromatic heterocycles. The normalized spacial score (nSPS) is 34.0. The van der Waals surface area contributed by atoms with Gasteiger partial charge in [-0.1, -0.05) is 17.7 Å². The Bertz CT molecular complexity index is 576. The zero-order valence-electron chi connectivity index (χ0n) is 13.6. The van der Waals surface area contributed by atoms with Crippen molar-refractivity contribution in [3.05, 3.63) is 28.8 Å². The van der Waals surface area contributed by atoms with Crippen molar-refractivity contribution in [2.45, 2.75) is 49.5 Å².